The summed E-state index contributed by atoms with van der Waals surface area (Å²) in [6, 6.07) is 1.62. The molecule has 0 saturated heterocycles. The fourth-order valence-electron chi connectivity index (χ4n) is 2.27. The summed E-state index contributed by atoms with van der Waals surface area (Å²) in [4.78, 5) is 17.8. The van der Waals surface area contributed by atoms with Crippen LogP contribution in [0.5, 0.6) is 0 Å². The Balaban J connectivity index is 1.80. The summed E-state index contributed by atoms with van der Waals surface area (Å²) in [7, 11) is 0. The maximum absolute atomic E-state index is 11.1. The number of carbonyl (C=O) groups excluding carboxylic acids is 1. The van der Waals surface area contributed by atoms with Gasteiger partial charge in [0.2, 0.25) is 5.91 Å². The first kappa shape index (κ1) is 12.7. The number of nitrogens with zero attached hydrogens (tertiary/aromatic N) is 2. The van der Waals surface area contributed by atoms with Gasteiger partial charge >= 0.3 is 0 Å². The first-order chi connectivity index (χ1) is 9.13. The van der Waals surface area contributed by atoms with Crippen molar-refractivity contribution in [1.82, 2.24) is 4.98 Å². The number of amides is 1. The van der Waals surface area contributed by atoms with E-state index in [-0.39, 0.29) is 0 Å². The zero-order valence-electron chi connectivity index (χ0n) is 10.8. The molecule has 3 rings (SSSR count). The minimum Gasteiger partial charge on any atom is -0.366 e. The number of hydrogen-bond donors (Lipinski definition) is 1. The monoisotopic (exact) mass is 279 g/mol. The third-order valence-electron chi connectivity index (χ3n) is 3.76. The molecule has 0 bridgehead atoms. The van der Waals surface area contributed by atoms with Crippen molar-refractivity contribution in [3.8, 4) is 0 Å². The van der Waals surface area contributed by atoms with Crippen molar-refractivity contribution in [2.75, 3.05) is 18.0 Å². The second kappa shape index (κ2) is 5.00. The van der Waals surface area contributed by atoms with E-state index < -0.39 is 5.91 Å². The number of aromatic nitrogens is 1. The number of nitrogens with two attached hydrogens (primary N) is 1. The zero-order chi connectivity index (χ0) is 13.4. The van der Waals surface area contributed by atoms with Crippen LogP contribution in [0.25, 0.3) is 0 Å². The lowest BCUT2D eigenvalue weighted by molar-refractivity contribution is 0.1000. The Bertz CT molecular complexity index is 483. The second-order valence-electron chi connectivity index (χ2n) is 5.69. The van der Waals surface area contributed by atoms with Gasteiger partial charge in [-0.05, 0) is 43.6 Å². The number of primary amides is 1. The van der Waals surface area contributed by atoms with E-state index in [0.717, 1.165) is 30.7 Å². The highest BCUT2D eigenvalue weighted by Crippen LogP contribution is 2.37. The lowest BCUT2D eigenvalue weighted by atomic mass is 10.2. The molecule has 2 fully saturated rings. The van der Waals surface area contributed by atoms with Gasteiger partial charge < -0.3 is 10.6 Å². The molecule has 1 amide bonds. The number of pyridine rings is 1. The van der Waals surface area contributed by atoms with Crippen molar-refractivity contribution in [2.24, 2.45) is 17.6 Å². The van der Waals surface area contributed by atoms with Crippen molar-refractivity contribution in [1.29, 1.82) is 0 Å². The van der Waals surface area contributed by atoms with E-state index in [9.17, 15) is 4.79 Å². The topological polar surface area (TPSA) is 59.2 Å². The molecule has 0 atom stereocenters. The third kappa shape index (κ3) is 3.18. The molecule has 2 aliphatic carbocycles. The van der Waals surface area contributed by atoms with Gasteiger partial charge in [-0.25, -0.2) is 4.98 Å². The highest BCUT2D eigenvalue weighted by Gasteiger charge is 2.30. The van der Waals surface area contributed by atoms with Crippen LogP contribution < -0.4 is 10.6 Å². The van der Waals surface area contributed by atoms with Gasteiger partial charge in [-0.2, -0.15) is 0 Å². The lowest BCUT2D eigenvalue weighted by Crippen LogP contribution is -2.29. The molecule has 19 heavy (non-hydrogen) atoms. The Hall–Kier alpha value is -1.29. The van der Waals surface area contributed by atoms with Crippen LogP contribution >= 0.6 is 11.6 Å². The summed E-state index contributed by atoms with van der Waals surface area (Å²) in [5, 5.41) is 0.526. The summed E-state index contributed by atoms with van der Waals surface area (Å²) >= 11 is 6.26. The SMILES string of the molecule is NC(=O)c1cnc(N(CC2CC2)CC2CC2)c(Cl)c1. The molecule has 0 spiro atoms. The summed E-state index contributed by atoms with van der Waals surface area (Å²) in [6.45, 7) is 2.05. The molecule has 0 aromatic carbocycles. The molecule has 5 heteroatoms. The molecule has 2 N–H and O–H groups in total. The Morgan fingerprint density at radius 2 is 1.89 bits per heavy atom. The molecule has 2 saturated carbocycles. The summed E-state index contributed by atoms with van der Waals surface area (Å²) in [5.41, 5.74) is 5.61. The van der Waals surface area contributed by atoms with Crippen molar-refractivity contribution in [3.05, 3.63) is 22.8 Å². The minimum absolute atomic E-state index is 0.367. The second-order valence-corrected chi connectivity index (χ2v) is 6.09. The first-order valence-corrected chi connectivity index (χ1v) is 7.21. The van der Waals surface area contributed by atoms with Gasteiger partial charge in [0.1, 0.15) is 5.82 Å². The normalized spacial score (nSPS) is 18.4. The van der Waals surface area contributed by atoms with Crippen LogP contribution in [0, 0.1) is 11.8 Å². The van der Waals surface area contributed by atoms with Crippen molar-refractivity contribution >= 4 is 23.3 Å². The van der Waals surface area contributed by atoms with Gasteiger partial charge in [0.05, 0.1) is 10.6 Å². The van der Waals surface area contributed by atoms with E-state index in [1.807, 2.05) is 0 Å². The molecule has 2 aliphatic rings. The van der Waals surface area contributed by atoms with E-state index in [1.54, 1.807) is 6.07 Å². The molecule has 102 valence electrons. The first-order valence-electron chi connectivity index (χ1n) is 6.84. The zero-order valence-corrected chi connectivity index (χ0v) is 11.6. The largest absolute Gasteiger partial charge is 0.366 e. The highest BCUT2D eigenvalue weighted by molar-refractivity contribution is 6.33. The molecule has 1 heterocycles. The highest BCUT2D eigenvalue weighted by atomic mass is 35.5. The summed E-state index contributed by atoms with van der Waals surface area (Å²) in [5.74, 6) is 1.88. The van der Waals surface area contributed by atoms with Crippen LogP contribution in [0.3, 0.4) is 0 Å². The minimum atomic E-state index is -0.489. The van der Waals surface area contributed by atoms with Crippen LogP contribution in [-0.2, 0) is 0 Å². The maximum Gasteiger partial charge on any atom is 0.250 e. The van der Waals surface area contributed by atoms with Crippen molar-refractivity contribution in [2.45, 2.75) is 25.7 Å². The number of hydrogen-bond acceptors (Lipinski definition) is 3. The molecular formula is C14H18ClN3O. The quantitative estimate of drug-likeness (QED) is 0.870. The van der Waals surface area contributed by atoms with E-state index in [1.165, 1.54) is 31.9 Å². The Kier molecular flexibility index (Phi) is 3.35. The van der Waals surface area contributed by atoms with Crippen molar-refractivity contribution in [3.63, 3.8) is 0 Å². The van der Waals surface area contributed by atoms with E-state index in [0.29, 0.717) is 10.6 Å². The Labute approximate surface area is 117 Å². The number of halogens is 1. The van der Waals surface area contributed by atoms with E-state index in [2.05, 4.69) is 9.88 Å². The van der Waals surface area contributed by atoms with Gasteiger partial charge in [-0.3, -0.25) is 4.79 Å². The standard InChI is InChI=1S/C14H18ClN3O/c15-12-5-11(13(16)19)6-17-14(12)18(7-9-1-2-9)8-10-3-4-10/h5-6,9-10H,1-4,7-8H2,(H2,16,19). The number of anilines is 1. The number of carbonyl (C=O) groups is 1. The van der Waals surface area contributed by atoms with Gasteiger partial charge in [0, 0.05) is 19.3 Å². The average Bonchev–Trinajstić information content (AvgIpc) is 3.23. The fourth-order valence-corrected chi connectivity index (χ4v) is 2.56. The van der Waals surface area contributed by atoms with Gasteiger partial charge in [-0.15, -0.1) is 0 Å². The van der Waals surface area contributed by atoms with Gasteiger partial charge in [0.25, 0.3) is 0 Å². The molecule has 0 aliphatic heterocycles. The van der Waals surface area contributed by atoms with Gasteiger partial charge in [-0.1, -0.05) is 11.6 Å². The molecular weight excluding hydrogens is 262 g/mol. The lowest BCUT2D eigenvalue weighted by Gasteiger charge is -2.24. The van der Waals surface area contributed by atoms with Crippen molar-refractivity contribution < 1.29 is 4.79 Å². The average molecular weight is 280 g/mol. The fraction of sp³-hybridized carbons (Fsp3) is 0.571. The maximum atomic E-state index is 11.1. The van der Waals surface area contributed by atoms with Gasteiger partial charge in [0.15, 0.2) is 0 Å². The molecule has 4 nitrogen and oxygen atoms in total. The molecule has 1 aromatic heterocycles. The molecule has 0 unspecified atom stereocenters. The van der Waals surface area contributed by atoms with Crippen LogP contribution in [0.4, 0.5) is 5.82 Å². The van der Waals surface area contributed by atoms with Crippen LogP contribution in [0.1, 0.15) is 36.0 Å². The number of rotatable bonds is 6. The predicted molar refractivity (Wildman–Crippen MR) is 75.4 cm³/mol. The predicted octanol–water partition coefficient (Wildman–Crippen LogP) is 2.46. The molecule has 0 radical (unpaired) electrons. The molecule has 1 aromatic rings. The van der Waals surface area contributed by atoms with Crippen LogP contribution in [0.15, 0.2) is 12.3 Å². The van der Waals surface area contributed by atoms with E-state index in [4.69, 9.17) is 17.3 Å². The third-order valence-corrected chi connectivity index (χ3v) is 4.03. The van der Waals surface area contributed by atoms with E-state index >= 15 is 0 Å². The summed E-state index contributed by atoms with van der Waals surface area (Å²) < 4.78 is 0. The smallest absolute Gasteiger partial charge is 0.250 e. The summed E-state index contributed by atoms with van der Waals surface area (Å²) in [6.07, 6.45) is 6.74. The Morgan fingerprint density at radius 3 is 2.32 bits per heavy atom. The van der Waals surface area contributed by atoms with Crippen LogP contribution in [0.2, 0.25) is 5.02 Å². The van der Waals surface area contributed by atoms with Crippen LogP contribution in [-0.4, -0.2) is 24.0 Å². The Morgan fingerprint density at radius 1 is 1.32 bits per heavy atom.